The Hall–Kier alpha value is -2.28. The van der Waals surface area contributed by atoms with Crippen molar-refractivity contribution in [3.05, 3.63) is 23.8 Å². The van der Waals surface area contributed by atoms with Gasteiger partial charge in [-0.15, -0.1) is 0 Å². The van der Waals surface area contributed by atoms with Gasteiger partial charge in [0, 0.05) is 37.1 Å². The molecule has 2 saturated heterocycles. The number of carbonyl (C=O) groups is 2. The van der Waals surface area contributed by atoms with Crippen molar-refractivity contribution in [1.82, 2.24) is 4.90 Å². The second-order valence-corrected chi connectivity index (χ2v) is 9.71. The van der Waals surface area contributed by atoms with Crippen molar-refractivity contribution in [3.63, 3.8) is 0 Å². The molecule has 164 valence electrons. The van der Waals surface area contributed by atoms with Crippen LogP contribution in [0.15, 0.2) is 18.2 Å². The summed E-state index contributed by atoms with van der Waals surface area (Å²) in [6, 6.07) is 5.85. The molecule has 1 saturated carbocycles. The van der Waals surface area contributed by atoms with Crippen LogP contribution >= 0.6 is 0 Å². The third-order valence-corrected chi connectivity index (χ3v) is 7.38. The normalized spacial score (nSPS) is 32.0. The summed E-state index contributed by atoms with van der Waals surface area (Å²) in [7, 11) is 0. The van der Waals surface area contributed by atoms with Gasteiger partial charge in [0.05, 0.1) is 11.0 Å². The Morgan fingerprint density at radius 1 is 1.17 bits per heavy atom. The van der Waals surface area contributed by atoms with Crippen LogP contribution in [0.3, 0.4) is 0 Å². The Balaban J connectivity index is 1.47. The fraction of sp³-hybridized carbons (Fsp3) is 0.652. The Kier molecular flexibility index (Phi) is 5.43. The van der Waals surface area contributed by atoms with E-state index in [1.807, 2.05) is 26.0 Å². The number of benzene rings is 1. The van der Waals surface area contributed by atoms with Gasteiger partial charge in [0.2, 0.25) is 5.91 Å². The van der Waals surface area contributed by atoms with Gasteiger partial charge >= 0.3 is 6.09 Å². The van der Waals surface area contributed by atoms with Gasteiger partial charge in [0.25, 0.3) is 0 Å². The maximum Gasteiger partial charge on any atom is 0.409 e. The summed E-state index contributed by atoms with van der Waals surface area (Å²) in [4.78, 5) is 28.8. The van der Waals surface area contributed by atoms with E-state index in [1.165, 1.54) is 0 Å². The second kappa shape index (κ2) is 7.76. The molecule has 7 nitrogen and oxygen atoms in total. The van der Waals surface area contributed by atoms with Crippen LogP contribution in [-0.4, -0.2) is 58.4 Å². The summed E-state index contributed by atoms with van der Waals surface area (Å²) in [6.45, 7) is 6.34. The summed E-state index contributed by atoms with van der Waals surface area (Å²) in [5, 5.41) is 21.6. The van der Waals surface area contributed by atoms with E-state index >= 15 is 0 Å². The smallest absolute Gasteiger partial charge is 0.409 e. The highest BCUT2D eigenvalue weighted by molar-refractivity contribution is 5.86. The maximum absolute atomic E-state index is 13.5. The topological polar surface area (TPSA) is 93.1 Å². The second-order valence-electron chi connectivity index (χ2n) is 9.71. The standard InChI is InChI=1S/C23H33N3O4/c1-16-14-17(24-21(28)29)4-5-19(16)25-12-3-8-23(15-25)11-13-26(20(23)27)18-6-9-22(2,30)10-7-18/h4-5,14,18,24,30H,3,6-13,15H2,1-2H3,(H,28,29)/t18-,22-,23-/m0/s1. The zero-order chi connectivity index (χ0) is 21.5. The third-order valence-electron chi connectivity index (χ3n) is 7.38. The molecular formula is C23H33N3O4. The van der Waals surface area contributed by atoms with E-state index in [2.05, 4.69) is 15.1 Å². The number of rotatable bonds is 3. The molecule has 1 spiro atoms. The summed E-state index contributed by atoms with van der Waals surface area (Å²) < 4.78 is 0. The monoisotopic (exact) mass is 415 g/mol. The van der Waals surface area contributed by atoms with E-state index in [9.17, 15) is 14.7 Å². The molecule has 1 atom stereocenters. The highest BCUT2D eigenvalue weighted by Crippen LogP contribution is 2.44. The van der Waals surface area contributed by atoms with Gasteiger partial charge < -0.3 is 20.0 Å². The van der Waals surface area contributed by atoms with Crippen LogP contribution in [0, 0.1) is 12.3 Å². The number of nitrogens with one attached hydrogen (secondary N) is 1. The Labute approximate surface area is 178 Å². The van der Waals surface area contributed by atoms with Gasteiger partial charge in [-0.2, -0.15) is 0 Å². The summed E-state index contributed by atoms with van der Waals surface area (Å²) in [5.74, 6) is 0.292. The van der Waals surface area contributed by atoms with Gasteiger partial charge in [0.1, 0.15) is 0 Å². The lowest BCUT2D eigenvalue weighted by molar-refractivity contribution is -0.140. The van der Waals surface area contributed by atoms with Crippen molar-refractivity contribution >= 4 is 23.4 Å². The van der Waals surface area contributed by atoms with E-state index in [-0.39, 0.29) is 11.5 Å². The third kappa shape index (κ3) is 4.00. The quantitative estimate of drug-likeness (QED) is 0.701. The molecule has 1 aromatic rings. The van der Waals surface area contributed by atoms with Crippen molar-refractivity contribution in [3.8, 4) is 0 Å². The Bertz CT molecular complexity index is 830. The fourth-order valence-corrected chi connectivity index (χ4v) is 5.66. The first-order valence-electron chi connectivity index (χ1n) is 11.1. The van der Waals surface area contributed by atoms with Crippen LogP contribution in [0.4, 0.5) is 16.2 Å². The lowest BCUT2D eigenvalue weighted by Crippen LogP contribution is -2.50. The Morgan fingerprint density at radius 3 is 2.57 bits per heavy atom. The molecule has 0 unspecified atom stereocenters. The van der Waals surface area contributed by atoms with E-state index in [0.29, 0.717) is 11.6 Å². The van der Waals surface area contributed by atoms with Crippen LogP contribution < -0.4 is 10.2 Å². The van der Waals surface area contributed by atoms with Crippen molar-refractivity contribution in [2.75, 3.05) is 29.9 Å². The first-order valence-corrected chi connectivity index (χ1v) is 11.1. The molecule has 3 aliphatic rings. The van der Waals surface area contributed by atoms with Crippen molar-refractivity contribution < 1.29 is 19.8 Å². The molecule has 2 heterocycles. The summed E-state index contributed by atoms with van der Waals surface area (Å²) in [5.41, 5.74) is 1.74. The van der Waals surface area contributed by atoms with Gasteiger partial charge in [-0.25, -0.2) is 4.79 Å². The lowest BCUT2D eigenvalue weighted by atomic mass is 9.78. The minimum absolute atomic E-state index is 0.260. The van der Waals surface area contributed by atoms with E-state index in [0.717, 1.165) is 75.8 Å². The van der Waals surface area contributed by atoms with Crippen LogP contribution in [0.1, 0.15) is 57.4 Å². The molecule has 30 heavy (non-hydrogen) atoms. The molecule has 0 radical (unpaired) electrons. The number of likely N-dealkylation sites (tertiary alicyclic amines) is 1. The van der Waals surface area contributed by atoms with Crippen LogP contribution in [0.25, 0.3) is 0 Å². The largest absolute Gasteiger partial charge is 0.465 e. The first-order chi connectivity index (χ1) is 14.2. The number of hydrogen-bond acceptors (Lipinski definition) is 4. The van der Waals surface area contributed by atoms with Gasteiger partial charge in [-0.1, -0.05) is 0 Å². The van der Waals surface area contributed by atoms with E-state index in [4.69, 9.17) is 5.11 Å². The zero-order valence-corrected chi connectivity index (χ0v) is 18.0. The first kappa shape index (κ1) is 21.0. The lowest BCUT2D eigenvalue weighted by Gasteiger charge is -2.42. The number of carboxylic acid groups (broad SMARTS) is 1. The van der Waals surface area contributed by atoms with Gasteiger partial charge in [-0.3, -0.25) is 10.1 Å². The van der Waals surface area contributed by atoms with E-state index in [1.54, 1.807) is 6.07 Å². The molecule has 4 rings (SSSR count). The van der Waals surface area contributed by atoms with Crippen molar-refractivity contribution in [1.29, 1.82) is 0 Å². The van der Waals surface area contributed by atoms with Crippen molar-refractivity contribution in [2.24, 2.45) is 5.41 Å². The minimum Gasteiger partial charge on any atom is -0.465 e. The highest BCUT2D eigenvalue weighted by atomic mass is 16.4. The predicted molar refractivity (Wildman–Crippen MR) is 116 cm³/mol. The average molecular weight is 416 g/mol. The van der Waals surface area contributed by atoms with Crippen LogP contribution in [-0.2, 0) is 4.79 Å². The SMILES string of the molecule is Cc1cc(NC(=O)O)ccc1N1CCC[C@]2(CCN([C@H]3CC[C@](C)(O)CC3)C2=O)C1. The molecule has 3 N–H and O–H groups in total. The van der Waals surface area contributed by atoms with Crippen LogP contribution in [0.2, 0.25) is 0 Å². The van der Waals surface area contributed by atoms with Gasteiger partial charge in [0.15, 0.2) is 0 Å². The molecule has 2 amide bonds. The number of piperidine rings is 1. The summed E-state index contributed by atoms with van der Waals surface area (Å²) >= 11 is 0. The average Bonchev–Trinajstić information content (AvgIpc) is 2.97. The maximum atomic E-state index is 13.5. The molecule has 3 fully saturated rings. The van der Waals surface area contributed by atoms with Crippen molar-refractivity contribution in [2.45, 2.75) is 70.4 Å². The molecule has 2 aliphatic heterocycles. The summed E-state index contributed by atoms with van der Waals surface area (Å²) in [6.07, 6.45) is 5.03. The highest BCUT2D eigenvalue weighted by Gasteiger charge is 2.51. The number of aryl methyl sites for hydroxylation is 1. The molecular weight excluding hydrogens is 382 g/mol. The fourth-order valence-electron chi connectivity index (χ4n) is 5.66. The molecule has 7 heteroatoms. The number of carbonyl (C=O) groups excluding carboxylic acids is 1. The number of nitrogens with zero attached hydrogens (tertiary/aromatic N) is 2. The van der Waals surface area contributed by atoms with Crippen LogP contribution in [0.5, 0.6) is 0 Å². The zero-order valence-electron chi connectivity index (χ0n) is 18.0. The predicted octanol–water partition coefficient (Wildman–Crippen LogP) is 3.60. The molecule has 1 aliphatic carbocycles. The molecule has 0 aromatic heterocycles. The Morgan fingerprint density at radius 2 is 1.90 bits per heavy atom. The van der Waals surface area contributed by atoms with E-state index < -0.39 is 11.7 Å². The minimum atomic E-state index is -1.07. The number of amides is 2. The number of aliphatic hydroxyl groups is 1. The number of hydrogen-bond donors (Lipinski definition) is 3. The molecule has 0 bridgehead atoms. The van der Waals surface area contributed by atoms with Gasteiger partial charge in [-0.05, 0) is 82.6 Å². The molecule has 1 aromatic carbocycles. The number of anilines is 2.